The number of hydrogen-bond donors (Lipinski definition) is 1. The molecule has 1 rings (SSSR count). The first-order valence-corrected chi connectivity index (χ1v) is 7.70. The molecule has 0 bridgehead atoms. The van der Waals surface area contributed by atoms with E-state index in [0.717, 1.165) is 12.5 Å². The lowest BCUT2D eigenvalue weighted by Gasteiger charge is -2.13. The Balaban J connectivity index is 2.83. The molecule has 1 unspecified atom stereocenters. The van der Waals surface area contributed by atoms with E-state index in [4.69, 9.17) is 11.6 Å². The van der Waals surface area contributed by atoms with Gasteiger partial charge in [-0.1, -0.05) is 13.0 Å². The molecule has 0 fully saturated rings. The van der Waals surface area contributed by atoms with E-state index in [2.05, 4.69) is 4.72 Å². The Morgan fingerprint density at radius 3 is 2.72 bits per heavy atom. The molecule has 1 aromatic carbocycles. The van der Waals surface area contributed by atoms with E-state index in [1.165, 1.54) is 12.1 Å². The Kier molecular flexibility index (Phi) is 5.56. The van der Waals surface area contributed by atoms with Crippen LogP contribution in [0.5, 0.6) is 0 Å². The number of rotatable bonds is 6. The van der Waals surface area contributed by atoms with E-state index in [0.29, 0.717) is 18.0 Å². The molecule has 0 heterocycles. The van der Waals surface area contributed by atoms with Crippen LogP contribution in [0.4, 0.5) is 4.39 Å². The normalized spacial score (nSPS) is 13.6. The molecule has 0 saturated carbocycles. The lowest BCUT2D eigenvalue weighted by Crippen LogP contribution is -2.29. The maximum absolute atomic E-state index is 13.1. The second kappa shape index (κ2) is 6.50. The SMILES string of the molecule is Cc1ccc(F)cc1S(=O)(=O)NCC(C)CCCl. The Morgan fingerprint density at radius 1 is 1.44 bits per heavy atom. The third-order valence-corrected chi connectivity index (χ3v) is 4.45. The van der Waals surface area contributed by atoms with Crippen LogP contribution in [0.2, 0.25) is 0 Å². The van der Waals surface area contributed by atoms with Crippen molar-refractivity contribution in [1.29, 1.82) is 0 Å². The van der Waals surface area contributed by atoms with Gasteiger partial charge in [-0.15, -0.1) is 11.6 Å². The summed E-state index contributed by atoms with van der Waals surface area (Å²) in [5, 5.41) is 0. The minimum absolute atomic E-state index is 0.0134. The molecule has 0 amide bonds. The predicted molar refractivity (Wildman–Crippen MR) is 70.8 cm³/mol. The van der Waals surface area contributed by atoms with Crippen LogP contribution in [0.1, 0.15) is 18.9 Å². The highest BCUT2D eigenvalue weighted by Crippen LogP contribution is 2.16. The quantitative estimate of drug-likeness (QED) is 0.820. The Morgan fingerprint density at radius 2 is 2.11 bits per heavy atom. The standard InChI is InChI=1S/C12H17ClFNO2S/c1-9(5-6-13)8-15-18(16,17)12-7-11(14)4-3-10(12)2/h3-4,7,9,15H,5-6,8H2,1-2H3. The van der Waals surface area contributed by atoms with Crippen molar-refractivity contribution in [2.75, 3.05) is 12.4 Å². The second-order valence-electron chi connectivity index (χ2n) is 4.34. The highest BCUT2D eigenvalue weighted by molar-refractivity contribution is 7.89. The summed E-state index contributed by atoms with van der Waals surface area (Å²) in [4.78, 5) is -0.0134. The first-order chi connectivity index (χ1) is 8.36. The van der Waals surface area contributed by atoms with E-state index in [9.17, 15) is 12.8 Å². The zero-order valence-corrected chi connectivity index (χ0v) is 12.0. The van der Waals surface area contributed by atoms with Crippen molar-refractivity contribution in [1.82, 2.24) is 4.72 Å². The fraction of sp³-hybridized carbons (Fsp3) is 0.500. The minimum atomic E-state index is -3.66. The predicted octanol–water partition coefficient (Wildman–Crippen LogP) is 2.68. The minimum Gasteiger partial charge on any atom is -0.211 e. The first-order valence-electron chi connectivity index (χ1n) is 5.68. The summed E-state index contributed by atoms with van der Waals surface area (Å²) < 4.78 is 39.6. The molecule has 3 nitrogen and oxygen atoms in total. The fourth-order valence-corrected chi connectivity index (χ4v) is 3.27. The van der Waals surface area contributed by atoms with Crippen LogP contribution in [0.25, 0.3) is 0 Å². The Bertz CT molecular complexity index is 505. The largest absolute Gasteiger partial charge is 0.240 e. The number of sulfonamides is 1. The maximum atomic E-state index is 13.1. The molecule has 0 aromatic heterocycles. The van der Waals surface area contributed by atoms with E-state index < -0.39 is 15.8 Å². The number of aryl methyl sites for hydroxylation is 1. The number of benzene rings is 1. The molecule has 1 aromatic rings. The van der Waals surface area contributed by atoms with Crippen molar-refractivity contribution in [3.8, 4) is 0 Å². The van der Waals surface area contributed by atoms with Crippen molar-refractivity contribution < 1.29 is 12.8 Å². The molecule has 1 atom stereocenters. The summed E-state index contributed by atoms with van der Waals surface area (Å²) in [6.07, 6.45) is 0.728. The second-order valence-corrected chi connectivity index (χ2v) is 6.46. The Labute approximate surface area is 112 Å². The third-order valence-electron chi connectivity index (χ3n) is 2.66. The molecule has 0 aliphatic carbocycles. The summed E-state index contributed by atoms with van der Waals surface area (Å²) in [6.45, 7) is 3.84. The van der Waals surface area contributed by atoms with Gasteiger partial charge < -0.3 is 0 Å². The van der Waals surface area contributed by atoms with E-state index >= 15 is 0 Å². The van der Waals surface area contributed by atoms with Crippen LogP contribution in [-0.2, 0) is 10.0 Å². The molecule has 18 heavy (non-hydrogen) atoms. The van der Waals surface area contributed by atoms with Gasteiger partial charge in [-0.05, 0) is 37.0 Å². The van der Waals surface area contributed by atoms with Crippen LogP contribution in [0, 0.1) is 18.7 Å². The van der Waals surface area contributed by atoms with Gasteiger partial charge in [0, 0.05) is 12.4 Å². The average molecular weight is 294 g/mol. The average Bonchev–Trinajstić information content (AvgIpc) is 2.30. The summed E-state index contributed by atoms with van der Waals surface area (Å²) in [5.74, 6) is 0.0722. The lowest BCUT2D eigenvalue weighted by atomic mass is 10.1. The zero-order valence-electron chi connectivity index (χ0n) is 10.4. The van der Waals surface area contributed by atoms with Crippen LogP contribution < -0.4 is 4.72 Å². The zero-order chi connectivity index (χ0) is 13.8. The molecule has 6 heteroatoms. The van der Waals surface area contributed by atoms with Crippen LogP contribution in [0.15, 0.2) is 23.1 Å². The smallest absolute Gasteiger partial charge is 0.211 e. The van der Waals surface area contributed by atoms with Crippen LogP contribution in [0.3, 0.4) is 0 Å². The van der Waals surface area contributed by atoms with Gasteiger partial charge in [0.25, 0.3) is 0 Å². The molecule has 0 aliphatic rings. The summed E-state index contributed by atoms with van der Waals surface area (Å²) in [6, 6.07) is 3.72. The highest BCUT2D eigenvalue weighted by atomic mass is 35.5. The van der Waals surface area contributed by atoms with Crippen molar-refractivity contribution in [3.05, 3.63) is 29.6 Å². The highest BCUT2D eigenvalue weighted by Gasteiger charge is 2.18. The number of nitrogens with one attached hydrogen (secondary N) is 1. The van der Waals surface area contributed by atoms with E-state index in [1.807, 2.05) is 6.92 Å². The van der Waals surface area contributed by atoms with Gasteiger partial charge in [0.2, 0.25) is 10.0 Å². The van der Waals surface area contributed by atoms with Crippen molar-refractivity contribution in [2.24, 2.45) is 5.92 Å². The van der Waals surface area contributed by atoms with Crippen molar-refractivity contribution in [3.63, 3.8) is 0 Å². The summed E-state index contributed by atoms with van der Waals surface area (Å²) >= 11 is 5.58. The van der Waals surface area contributed by atoms with Gasteiger partial charge in [-0.2, -0.15) is 0 Å². The monoisotopic (exact) mass is 293 g/mol. The van der Waals surface area contributed by atoms with Gasteiger partial charge in [0.1, 0.15) is 5.82 Å². The molecular formula is C12H17ClFNO2S. The van der Waals surface area contributed by atoms with Crippen molar-refractivity contribution in [2.45, 2.75) is 25.2 Å². The molecule has 0 radical (unpaired) electrons. The van der Waals surface area contributed by atoms with Gasteiger partial charge in [0.05, 0.1) is 4.90 Å². The van der Waals surface area contributed by atoms with Crippen LogP contribution >= 0.6 is 11.6 Å². The summed E-state index contributed by atoms with van der Waals surface area (Å²) in [7, 11) is -3.66. The molecule has 1 N–H and O–H groups in total. The Hall–Kier alpha value is -0.650. The van der Waals surface area contributed by atoms with Gasteiger partial charge in [0.15, 0.2) is 0 Å². The molecule has 0 aliphatic heterocycles. The third kappa shape index (κ3) is 4.23. The van der Waals surface area contributed by atoms with Gasteiger partial charge >= 0.3 is 0 Å². The number of hydrogen-bond acceptors (Lipinski definition) is 2. The van der Waals surface area contributed by atoms with Crippen molar-refractivity contribution >= 4 is 21.6 Å². The molecule has 0 saturated heterocycles. The molecule has 102 valence electrons. The maximum Gasteiger partial charge on any atom is 0.240 e. The summed E-state index contributed by atoms with van der Waals surface area (Å²) in [5.41, 5.74) is 0.522. The lowest BCUT2D eigenvalue weighted by molar-refractivity contribution is 0.529. The number of halogens is 2. The number of alkyl halides is 1. The molecular weight excluding hydrogens is 277 g/mol. The first kappa shape index (κ1) is 15.4. The van der Waals surface area contributed by atoms with Crippen LogP contribution in [-0.4, -0.2) is 20.8 Å². The van der Waals surface area contributed by atoms with E-state index in [1.54, 1.807) is 6.92 Å². The molecule has 0 spiro atoms. The van der Waals surface area contributed by atoms with Gasteiger partial charge in [-0.25, -0.2) is 17.5 Å². The van der Waals surface area contributed by atoms with E-state index in [-0.39, 0.29) is 10.8 Å². The topological polar surface area (TPSA) is 46.2 Å². The van der Waals surface area contributed by atoms with Gasteiger partial charge in [-0.3, -0.25) is 0 Å². The fourth-order valence-electron chi connectivity index (χ4n) is 1.48.